The molecular formula is C13H26O3. The average Bonchev–Trinajstić information content (AvgIpc) is 2.23. The van der Waals surface area contributed by atoms with Crippen LogP contribution in [0, 0.1) is 0 Å². The second-order valence-corrected chi connectivity index (χ2v) is 4.50. The van der Waals surface area contributed by atoms with Crippen LogP contribution in [0.2, 0.25) is 0 Å². The molecule has 0 spiro atoms. The molecule has 16 heavy (non-hydrogen) atoms. The molecule has 96 valence electrons. The van der Waals surface area contributed by atoms with E-state index < -0.39 is 12.2 Å². The highest BCUT2D eigenvalue weighted by Crippen LogP contribution is 2.12. The molecule has 0 aromatic rings. The van der Waals surface area contributed by atoms with Crippen LogP contribution >= 0.6 is 0 Å². The second-order valence-electron chi connectivity index (χ2n) is 4.50. The number of aliphatic hydroxyl groups is 2. The van der Waals surface area contributed by atoms with Gasteiger partial charge in [-0.15, -0.1) is 0 Å². The fourth-order valence-corrected chi connectivity index (χ4v) is 1.80. The van der Waals surface area contributed by atoms with Gasteiger partial charge < -0.3 is 15.0 Å². The zero-order valence-electron chi connectivity index (χ0n) is 10.4. The fraction of sp³-hybridized carbons (Fsp3) is 0.923. The molecule has 2 N–H and O–H groups in total. The molecule has 0 radical (unpaired) electrons. The van der Waals surface area contributed by atoms with Gasteiger partial charge in [0.25, 0.3) is 0 Å². The number of rotatable bonds is 11. The summed E-state index contributed by atoms with van der Waals surface area (Å²) >= 11 is 0. The molecule has 0 saturated heterocycles. The highest BCUT2D eigenvalue weighted by molar-refractivity contribution is 5.49. The Hall–Kier alpha value is -0.410. The molecule has 0 heterocycles. The molecule has 3 nitrogen and oxygen atoms in total. The van der Waals surface area contributed by atoms with Gasteiger partial charge in [-0.05, 0) is 12.8 Å². The van der Waals surface area contributed by atoms with E-state index in [4.69, 9.17) is 0 Å². The van der Waals surface area contributed by atoms with E-state index in [1.165, 1.54) is 25.7 Å². The Morgan fingerprint density at radius 3 is 2.25 bits per heavy atom. The van der Waals surface area contributed by atoms with Gasteiger partial charge in [0.1, 0.15) is 6.29 Å². The van der Waals surface area contributed by atoms with E-state index in [1.54, 1.807) is 0 Å². The van der Waals surface area contributed by atoms with Crippen LogP contribution in [-0.2, 0) is 4.79 Å². The van der Waals surface area contributed by atoms with Crippen LogP contribution in [0.1, 0.15) is 64.7 Å². The number of aliphatic hydroxyl groups excluding tert-OH is 2. The standard InChI is InChI=1S/C13H26O3/c1-2-3-4-5-6-7-8-12(15)11-13(16)9-10-14/h10,12-13,15-16H,2-9,11H2,1H3. The van der Waals surface area contributed by atoms with Gasteiger partial charge in [-0.25, -0.2) is 0 Å². The van der Waals surface area contributed by atoms with Gasteiger partial charge in [0, 0.05) is 6.42 Å². The Morgan fingerprint density at radius 1 is 1.00 bits per heavy atom. The maximum absolute atomic E-state index is 10.1. The predicted octanol–water partition coefficient (Wildman–Crippen LogP) is 2.44. The zero-order chi connectivity index (χ0) is 12.2. The predicted molar refractivity (Wildman–Crippen MR) is 65.3 cm³/mol. The summed E-state index contributed by atoms with van der Waals surface area (Å²) in [5, 5.41) is 18.9. The Balaban J connectivity index is 3.29. The maximum Gasteiger partial charge on any atom is 0.122 e. The lowest BCUT2D eigenvalue weighted by Crippen LogP contribution is -2.17. The number of carbonyl (C=O) groups is 1. The van der Waals surface area contributed by atoms with Crippen molar-refractivity contribution in [2.24, 2.45) is 0 Å². The molecule has 0 aromatic carbocycles. The third-order valence-corrected chi connectivity index (χ3v) is 2.80. The molecular weight excluding hydrogens is 204 g/mol. The van der Waals surface area contributed by atoms with Crippen LogP contribution in [0.15, 0.2) is 0 Å². The van der Waals surface area contributed by atoms with Crippen molar-refractivity contribution in [3.05, 3.63) is 0 Å². The highest BCUT2D eigenvalue weighted by atomic mass is 16.3. The fourth-order valence-electron chi connectivity index (χ4n) is 1.80. The van der Waals surface area contributed by atoms with Crippen LogP contribution < -0.4 is 0 Å². The molecule has 0 rings (SSSR count). The van der Waals surface area contributed by atoms with Gasteiger partial charge in [-0.3, -0.25) is 0 Å². The number of carbonyl (C=O) groups excluding carboxylic acids is 1. The van der Waals surface area contributed by atoms with Crippen LogP contribution in [0.5, 0.6) is 0 Å². The summed E-state index contributed by atoms with van der Waals surface area (Å²) in [5.74, 6) is 0. The monoisotopic (exact) mass is 230 g/mol. The summed E-state index contributed by atoms with van der Waals surface area (Å²) in [4.78, 5) is 10.1. The lowest BCUT2D eigenvalue weighted by atomic mass is 10.0. The van der Waals surface area contributed by atoms with E-state index in [0.717, 1.165) is 19.3 Å². The van der Waals surface area contributed by atoms with Crippen molar-refractivity contribution in [1.82, 2.24) is 0 Å². The summed E-state index contributed by atoms with van der Waals surface area (Å²) in [6.07, 6.45) is 7.98. The lowest BCUT2D eigenvalue weighted by molar-refractivity contribution is -0.109. The van der Waals surface area contributed by atoms with Gasteiger partial charge in [-0.1, -0.05) is 45.4 Å². The SMILES string of the molecule is CCCCCCCCC(O)CC(O)CC=O. The second kappa shape index (κ2) is 11.1. The average molecular weight is 230 g/mol. The Labute approximate surface area is 98.9 Å². The molecule has 0 fully saturated rings. The van der Waals surface area contributed by atoms with Gasteiger partial charge in [0.15, 0.2) is 0 Å². The molecule has 2 unspecified atom stereocenters. The quantitative estimate of drug-likeness (QED) is 0.423. The van der Waals surface area contributed by atoms with Crippen molar-refractivity contribution >= 4 is 6.29 Å². The van der Waals surface area contributed by atoms with Gasteiger partial charge in [0.05, 0.1) is 12.2 Å². The summed E-state index contributed by atoms with van der Waals surface area (Å²) in [6.45, 7) is 2.19. The minimum Gasteiger partial charge on any atom is -0.393 e. The number of aldehydes is 1. The van der Waals surface area contributed by atoms with Crippen LogP contribution in [0.25, 0.3) is 0 Å². The minimum atomic E-state index is -0.674. The lowest BCUT2D eigenvalue weighted by Gasteiger charge is -2.13. The maximum atomic E-state index is 10.1. The normalized spacial score (nSPS) is 14.7. The molecule has 3 heteroatoms. The third-order valence-electron chi connectivity index (χ3n) is 2.80. The van der Waals surface area contributed by atoms with E-state index >= 15 is 0 Å². The Morgan fingerprint density at radius 2 is 1.62 bits per heavy atom. The first-order valence-electron chi connectivity index (χ1n) is 6.50. The molecule has 0 aromatic heterocycles. The first-order valence-corrected chi connectivity index (χ1v) is 6.50. The van der Waals surface area contributed by atoms with E-state index in [0.29, 0.717) is 12.7 Å². The van der Waals surface area contributed by atoms with Crippen molar-refractivity contribution in [2.75, 3.05) is 0 Å². The smallest absolute Gasteiger partial charge is 0.122 e. The number of hydrogen-bond donors (Lipinski definition) is 2. The molecule has 0 bridgehead atoms. The summed E-state index contributed by atoms with van der Waals surface area (Å²) in [7, 11) is 0. The first kappa shape index (κ1) is 15.6. The molecule has 2 atom stereocenters. The summed E-state index contributed by atoms with van der Waals surface area (Å²) < 4.78 is 0. The zero-order valence-corrected chi connectivity index (χ0v) is 10.4. The Kier molecular flexibility index (Phi) is 10.8. The molecule has 0 aliphatic heterocycles. The van der Waals surface area contributed by atoms with Crippen molar-refractivity contribution in [3.8, 4) is 0 Å². The van der Waals surface area contributed by atoms with Crippen LogP contribution in [0.3, 0.4) is 0 Å². The van der Waals surface area contributed by atoms with Crippen LogP contribution in [0.4, 0.5) is 0 Å². The minimum absolute atomic E-state index is 0.132. The van der Waals surface area contributed by atoms with E-state index in [9.17, 15) is 15.0 Å². The van der Waals surface area contributed by atoms with Crippen LogP contribution in [-0.4, -0.2) is 28.7 Å². The summed E-state index contributed by atoms with van der Waals surface area (Å²) in [5.41, 5.74) is 0. The van der Waals surface area contributed by atoms with Gasteiger partial charge in [0.2, 0.25) is 0 Å². The number of unbranched alkanes of at least 4 members (excludes halogenated alkanes) is 5. The van der Waals surface area contributed by atoms with Gasteiger partial charge in [-0.2, -0.15) is 0 Å². The first-order chi connectivity index (χ1) is 7.70. The molecule has 0 saturated carbocycles. The van der Waals surface area contributed by atoms with Crippen molar-refractivity contribution in [3.63, 3.8) is 0 Å². The highest BCUT2D eigenvalue weighted by Gasteiger charge is 2.10. The number of hydrogen-bond acceptors (Lipinski definition) is 3. The Bertz CT molecular complexity index is 159. The third kappa shape index (κ3) is 10.1. The topological polar surface area (TPSA) is 57.5 Å². The van der Waals surface area contributed by atoms with E-state index in [-0.39, 0.29) is 6.42 Å². The molecule has 0 aliphatic rings. The van der Waals surface area contributed by atoms with E-state index in [1.807, 2.05) is 0 Å². The van der Waals surface area contributed by atoms with Crippen molar-refractivity contribution in [1.29, 1.82) is 0 Å². The molecule has 0 amide bonds. The van der Waals surface area contributed by atoms with Crippen molar-refractivity contribution < 1.29 is 15.0 Å². The van der Waals surface area contributed by atoms with Crippen molar-refractivity contribution in [2.45, 2.75) is 76.9 Å². The van der Waals surface area contributed by atoms with E-state index in [2.05, 4.69) is 6.92 Å². The molecule has 0 aliphatic carbocycles. The van der Waals surface area contributed by atoms with Gasteiger partial charge >= 0.3 is 0 Å². The largest absolute Gasteiger partial charge is 0.393 e. The summed E-state index contributed by atoms with van der Waals surface area (Å²) in [6, 6.07) is 0.